The number of aromatic nitrogens is 2. The van der Waals surface area contributed by atoms with Gasteiger partial charge in [0.1, 0.15) is 18.1 Å². The summed E-state index contributed by atoms with van der Waals surface area (Å²) in [6.45, 7) is 0.538. The molecule has 0 aliphatic rings. The summed E-state index contributed by atoms with van der Waals surface area (Å²) in [5.41, 5.74) is 2.17. The number of nitrogens with one attached hydrogen (secondary N) is 1. The van der Waals surface area contributed by atoms with Gasteiger partial charge >= 0.3 is 0 Å². The van der Waals surface area contributed by atoms with Crippen molar-refractivity contribution >= 4 is 5.69 Å². The Morgan fingerprint density at radius 3 is 2.78 bits per heavy atom. The van der Waals surface area contributed by atoms with E-state index in [4.69, 9.17) is 10.00 Å². The van der Waals surface area contributed by atoms with Gasteiger partial charge in [-0.15, -0.1) is 0 Å². The van der Waals surface area contributed by atoms with Gasteiger partial charge in [0.15, 0.2) is 0 Å². The second-order valence-corrected chi connectivity index (χ2v) is 3.59. The quantitative estimate of drug-likeness (QED) is 0.884. The van der Waals surface area contributed by atoms with Crippen LogP contribution in [0.5, 0.6) is 5.75 Å². The molecule has 2 aromatic rings. The standard InChI is InChI=1S/C13H12N4O/c1-18-12-4-2-3-11(5-14)13(12)17-8-10-6-15-9-16-7-10/h2-4,6-7,9,17H,8H2,1H3. The Balaban J connectivity index is 2.21. The second kappa shape index (κ2) is 5.64. The maximum atomic E-state index is 9.07. The van der Waals surface area contributed by atoms with E-state index in [-0.39, 0.29) is 0 Å². The van der Waals surface area contributed by atoms with E-state index in [0.717, 1.165) is 5.56 Å². The third-order valence-corrected chi connectivity index (χ3v) is 2.45. The highest BCUT2D eigenvalue weighted by molar-refractivity contribution is 5.66. The average Bonchev–Trinajstić information content (AvgIpc) is 2.45. The highest BCUT2D eigenvalue weighted by Gasteiger charge is 2.08. The molecule has 1 N–H and O–H groups in total. The van der Waals surface area contributed by atoms with Crippen LogP contribution in [-0.4, -0.2) is 17.1 Å². The van der Waals surface area contributed by atoms with E-state index in [9.17, 15) is 0 Å². The summed E-state index contributed by atoms with van der Waals surface area (Å²) in [5.74, 6) is 0.644. The molecule has 0 saturated heterocycles. The van der Waals surface area contributed by atoms with Gasteiger partial charge in [-0.1, -0.05) is 6.07 Å². The molecule has 0 fully saturated rings. The van der Waals surface area contributed by atoms with Gasteiger partial charge in [0.05, 0.1) is 18.4 Å². The van der Waals surface area contributed by atoms with E-state index in [2.05, 4.69) is 21.4 Å². The van der Waals surface area contributed by atoms with Crippen LogP contribution in [0.25, 0.3) is 0 Å². The fraction of sp³-hybridized carbons (Fsp3) is 0.154. The first-order valence-corrected chi connectivity index (χ1v) is 5.40. The fourth-order valence-corrected chi connectivity index (χ4v) is 1.59. The van der Waals surface area contributed by atoms with Gasteiger partial charge in [0.25, 0.3) is 0 Å². The van der Waals surface area contributed by atoms with Gasteiger partial charge in [-0.2, -0.15) is 5.26 Å². The number of para-hydroxylation sites is 1. The summed E-state index contributed by atoms with van der Waals surface area (Å²) >= 11 is 0. The highest BCUT2D eigenvalue weighted by atomic mass is 16.5. The van der Waals surface area contributed by atoms with Gasteiger partial charge in [-0.3, -0.25) is 0 Å². The van der Waals surface area contributed by atoms with Crippen molar-refractivity contribution in [2.24, 2.45) is 0 Å². The summed E-state index contributed by atoms with van der Waals surface area (Å²) < 4.78 is 5.23. The molecule has 1 aromatic carbocycles. The summed E-state index contributed by atoms with van der Waals surface area (Å²) in [5, 5.41) is 12.2. The highest BCUT2D eigenvalue weighted by Crippen LogP contribution is 2.28. The number of ether oxygens (including phenoxy) is 1. The molecule has 0 unspecified atom stereocenters. The number of hydrogen-bond acceptors (Lipinski definition) is 5. The molecule has 0 bridgehead atoms. The van der Waals surface area contributed by atoms with Gasteiger partial charge in [0.2, 0.25) is 0 Å². The molecule has 5 nitrogen and oxygen atoms in total. The molecular formula is C13H12N4O. The summed E-state index contributed by atoms with van der Waals surface area (Å²) in [6.07, 6.45) is 4.93. The van der Waals surface area contributed by atoms with Crippen LogP contribution >= 0.6 is 0 Å². The van der Waals surface area contributed by atoms with Crippen LogP contribution in [0, 0.1) is 11.3 Å². The van der Waals surface area contributed by atoms with E-state index in [1.807, 2.05) is 6.07 Å². The Hall–Kier alpha value is -2.61. The lowest BCUT2D eigenvalue weighted by molar-refractivity contribution is 0.416. The molecule has 0 aliphatic heterocycles. The molecular weight excluding hydrogens is 228 g/mol. The van der Waals surface area contributed by atoms with Crippen LogP contribution in [0.3, 0.4) is 0 Å². The number of nitrogens with zero attached hydrogens (tertiary/aromatic N) is 3. The number of benzene rings is 1. The van der Waals surface area contributed by atoms with E-state index in [1.54, 1.807) is 31.6 Å². The van der Waals surface area contributed by atoms with Crippen molar-refractivity contribution in [1.29, 1.82) is 5.26 Å². The Labute approximate surface area is 105 Å². The Bertz CT molecular complexity index is 563. The SMILES string of the molecule is COc1cccc(C#N)c1NCc1cncnc1. The third kappa shape index (κ3) is 2.55. The number of anilines is 1. The van der Waals surface area contributed by atoms with Gasteiger partial charge in [-0.05, 0) is 12.1 Å². The lowest BCUT2D eigenvalue weighted by Gasteiger charge is -2.12. The first-order valence-electron chi connectivity index (χ1n) is 5.40. The molecule has 2 rings (SSSR count). The Morgan fingerprint density at radius 1 is 1.33 bits per heavy atom. The maximum absolute atomic E-state index is 9.07. The second-order valence-electron chi connectivity index (χ2n) is 3.59. The summed E-state index contributed by atoms with van der Waals surface area (Å²) in [4.78, 5) is 7.87. The van der Waals surface area contributed by atoms with Crippen molar-refractivity contribution in [3.05, 3.63) is 48.0 Å². The largest absolute Gasteiger partial charge is 0.495 e. The lowest BCUT2D eigenvalue weighted by Crippen LogP contribution is -2.04. The van der Waals surface area contributed by atoms with Crippen molar-refractivity contribution in [3.63, 3.8) is 0 Å². The molecule has 0 amide bonds. The zero-order valence-electron chi connectivity index (χ0n) is 9.92. The van der Waals surface area contributed by atoms with Crippen LogP contribution in [0.4, 0.5) is 5.69 Å². The number of methoxy groups -OCH3 is 1. The van der Waals surface area contributed by atoms with Crippen molar-refractivity contribution in [1.82, 2.24) is 9.97 Å². The first-order chi connectivity index (χ1) is 8.85. The lowest BCUT2D eigenvalue weighted by atomic mass is 10.1. The fourth-order valence-electron chi connectivity index (χ4n) is 1.59. The van der Waals surface area contributed by atoms with Gasteiger partial charge < -0.3 is 10.1 Å². The number of rotatable bonds is 4. The van der Waals surface area contributed by atoms with Crippen molar-refractivity contribution in [2.45, 2.75) is 6.54 Å². The predicted molar refractivity (Wildman–Crippen MR) is 67.1 cm³/mol. The molecule has 0 aliphatic carbocycles. The molecule has 0 radical (unpaired) electrons. The smallest absolute Gasteiger partial charge is 0.143 e. The molecule has 0 atom stereocenters. The molecule has 0 saturated carbocycles. The molecule has 1 aromatic heterocycles. The summed E-state index contributed by atoms with van der Waals surface area (Å²) in [6, 6.07) is 7.47. The zero-order chi connectivity index (χ0) is 12.8. The Morgan fingerprint density at radius 2 is 2.11 bits per heavy atom. The van der Waals surface area contributed by atoms with Crippen LogP contribution in [0.2, 0.25) is 0 Å². The van der Waals surface area contributed by atoms with Crippen LogP contribution in [-0.2, 0) is 6.54 Å². The van der Waals surface area contributed by atoms with Gasteiger partial charge in [-0.25, -0.2) is 9.97 Å². The maximum Gasteiger partial charge on any atom is 0.143 e. The average molecular weight is 240 g/mol. The van der Waals surface area contributed by atoms with E-state index < -0.39 is 0 Å². The molecule has 5 heteroatoms. The normalized spacial score (nSPS) is 9.56. The minimum absolute atomic E-state index is 0.538. The van der Waals surface area contributed by atoms with E-state index in [1.165, 1.54) is 6.33 Å². The van der Waals surface area contributed by atoms with Crippen molar-refractivity contribution in [3.8, 4) is 11.8 Å². The predicted octanol–water partition coefficient (Wildman–Crippen LogP) is 1.97. The van der Waals surface area contributed by atoms with Crippen molar-refractivity contribution in [2.75, 3.05) is 12.4 Å². The van der Waals surface area contributed by atoms with E-state index >= 15 is 0 Å². The third-order valence-electron chi connectivity index (χ3n) is 2.45. The van der Waals surface area contributed by atoms with Gasteiger partial charge in [0, 0.05) is 24.5 Å². The number of nitriles is 1. The summed E-state index contributed by atoms with van der Waals surface area (Å²) in [7, 11) is 1.58. The van der Waals surface area contributed by atoms with Crippen molar-refractivity contribution < 1.29 is 4.74 Å². The first kappa shape index (κ1) is 11.9. The van der Waals surface area contributed by atoms with Crippen LogP contribution in [0.1, 0.15) is 11.1 Å². The topological polar surface area (TPSA) is 70.8 Å². The number of hydrogen-bond donors (Lipinski definition) is 1. The van der Waals surface area contributed by atoms with Crippen LogP contribution in [0.15, 0.2) is 36.9 Å². The van der Waals surface area contributed by atoms with E-state index in [0.29, 0.717) is 23.5 Å². The molecule has 0 spiro atoms. The molecule has 18 heavy (non-hydrogen) atoms. The minimum atomic E-state index is 0.538. The zero-order valence-corrected chi connectivity index (χ0v) is 9.92. The van der Waals surface area contributed by atoms with Crippen LogP contribution < -0.4 is 10.1 Å². The molecule has 1 heterocycles. The Kier molecular flexibility index (Phi) is 3.72. The monoisotopic (exact) mass is 240 g/mol. The molecule has 90 valence electrons. The minimum Gasteiger partial charge on any atom is -0.495 e.